The third-order valence-corrected chi connectivity index (χ3v) is 2.92. The number of carbonyl (C=O) groups excluding carboxylic acids is 1. The van der Waals surface area contributed by atoms with Crippen LogP contribution in [0.25, 0.3) is 0 Å². The fourth-order valence-electron chi connectivity index (χ4n) is 1.74. The van der Waals surface area contributed by atoms with Crippen LogP contribution in [0.4, 0.5) is 8.78 Å². The lowest BCUT2D eigenvalue weighted by Gasteiger charge is -2.12. The summed E-state index contributed by atoms with van der Waals surface area (Å²) < 4.78 is 32.7. The maximum Gasteiger partial charge on any atom is 0.222 e. The van der Waals surface area contributed by atoms with Gasteiger partial charge in [-0.05, 0) is 30.7 Å². The van der Waals surface area contributed by atoms with Crippen molar-refractivity contribution in [2.24, 2.45) is 0 Å². The van der Waals surface area contributed by atoms with Gasteiger partial charge in [0.2, 0.25) is 5.91 Å². The van der Waals surface area contributed by atoms with E-state index in [1.807, 2.05) is 6.92 Å². The minimum absolute atomic E-state index is 0.0412. The summed E-state index contributed by atoms with van der Waals surface area (Å²) in [4.78, 5) is 12.8. The van der Waals surface area contributed by atoms with Gasteiger partial charge in [-0.1, -0.05) is 6.92 Å². The summed E-state index contributed by atoms with van der Waals surface area (Å²) in [5.74, 6) is -1.86. The lowest BCUT2D eigenvalue weighted by atomic mass is 10.2. The van der Waals surface area contributed by atoms with E-state index in [0.717, 1.165) is 6.54 Å². The van der Waals surface area contributed by atoms with Crippen LogP contribution < -0.4 is 10.1 Å². The van der Waals surface area contributed by atoms with Gasteiger partial charge < -0.3 is 15.0 Å². The summed E-state index contributed by atoms with van der Waals surface area (Å²) >= 11 is 0. The number of nitrogens with zero attached hydrogens (tertiary/aromatic N) is 1. The van der Waals surface area contributed by atoms with Crippen LogP contribution in [-0.2, 0) is 11.3 Å². The number of rotatable bonds is 8. The highest BCUT2D eigenvalue weighted by Crippen LogP contribution is 2.23. The van der Waals surface area contributed by atoms with Gasteiger partial charge in [-0.25, -0.2) is 8.78 Å². The number of nitrogens with one attached hydrogen (secondary N) is 1. The number of halogens is 2. The minimum atomic E-state index is -0.721. The normalized spacial score (nSPS) is 10.5. The van der Waals surface area contributed by atoms with Crippen LogP contribution >= 0.6 is 0 Å². The van der Waals surface area contributed by atoms with E-state index < -0.39 is 11.6 Å². The Kier molecular flexibility index (Phi) is 7.08. The van der Waals surface area contributed by atoms with Crippen molar-refractivity contribution in [2.45, 2.75) is 26.3 Å². The molecule has 1 N–H and O–H groups in total. The van der Waals surface area contributed by atoms with Crippen molar-refractivity contribution in [1.82, 2.24) is 10.2 Å². The van der Waals surface area contributed by atoms with Crippen LogP contribution in [0.1, 0.15) is 25.3 Å². The van der Waals surface area contributed by atoms with Crippen LogP contribution in [0.3, 0.4) is 0 Å². The van der Waals surface area contributed by atoms with E-state index in [2.05, 4.69) is 5.32 Å². The van der Waals surface area contributed by atoms with Gasteiger partial charge in [-0.2, -0.15) is 0 Å². The van der Waals surface area contributed by atoms with E-state index in [9.17, 15) is 13.6 Å². The minimum Gasteiger partial charge on any atom is -0.488 e. The molecule has 0 saturated heterocycles. The summed E-state index contributed by atoms with van der Waals surface area (Å²) in [5.41, 5.74) is 0.530. The van der Waals surface area contributed by atoms with Crippen LogP contribution in [-0.4, -0.2) is 38.1 Å². The second-order valence-corrected chi connectivity index (χ2v) is 4.91. The molecule has 0 heterocycles. The Morgan fingerprint density at radius 2 is 1.90 bits per heavy atom. The SMILES string of the molecule is CCNCc1cc(F)c(OCCCC(=O)N(C)C)c(F)c1. The molecule has 6 heteroatoms. The lowest BCUT2D eigenvalue weighted by Crippen LogP contribution is -2.21. The zero-order valence-corrected chi connectivity index (χ0v) is 12.7. The van der Waals surface area contributed by atoms with Gasteiger partial charge in [-0.3, -0.25) is 4.79 Å². The summed E-state index contributed by atoms with van der Waals surface area (Å²) in [5, 5.41) is 3.00. The van der Waals surface area contributed by atoms with Crippen molar-refractivity contribution >= 4 is 5.91 Å². The van der Waals surface area contributed by atoms with Crippen molar-refractivity contribution in [1.29, 1.82) is 0 Å². The molecule has 0 atom stereocenters. The first-order valence-electron chi connectivity index (χ1n) is 6.97. The average molecular weight is 300 g/mol. The summed E-state index contributed by atoms with van der Waals surface area (Å²) in [6, 6.07) is 2.51. The molecule has 0 aromatic heterocycles. The molecule has 1 aromatic rings. The number of hydrogen-bond donors (Lipinski definition) is 1. The Labute approximate surface area is 124 Å². The first-order valence-corrected chi connectivity index (χ1v) is 6.97. The molecule has 1 rings (SSSR count). The molecule has 0 bridgehead atoms. The molecule has 0 aliphatic heterocycles. The van der Waals surface area contributed by atoms with Crippen molar-refractivity contribution in [3.63, 3.8) is 0 Å². The highest BCUT2D eigenvalue weighted by atomic mass is 19.1. The number of amides is 1. The number of benzene rings is 1. The maximum absolute atomic E-state index is 13.8. The first-order chi connectivity index (χ1) is 9.95. The summed E-state index contributed by atoms with van der Waals surface area (Å²) in [6.07, 6.45) is 0.698. The van der Waals surface area contributed by atoms with Crippen molar-refractivity contribution in [3.8, 4) is 5.75 Å². The second kappa shape index (κ2) is 8.56. The molecule has 0 fully saturated rings. The monoisotopic (exact) mass is 300 g/mol. The van der Waals surface area contributed by atoms with E-state index >= 15 is 0 Å². The molecule has 0 aliphatic carbocycles. The maximum atomic E-state index is 13.8. The van der Waals surface area contributed by atoms with E-state index in [0.29, 0.717) is 18.5 Å². The highest BCUT2D eigenvalue weighted by Gasteiger charge is 2.13. The Hall–Kier alpha value is -1.69. The molecular formula is C15H22F2N2O2. The zero-order chi connectivity index (χ0) is 15.8. The molecule has 0 radical (unpaired) electrons. The van der Waals surface area contributed by atoms with Gasteiger partial charge in [0.05, 0.1) is 6.61 Å². The van der Waals surface area contributed by atoms with Crippen molar-refractivity contribution in [3.05, 3.63) is 29.3 Å². The van der Waals surface area contributed by atoms with Crippen molar-refractivity contribution < 1.29 is 18.3 Å². The number of ether oxygens (including phenoxy) is 1. The first kappa shape index (κ1) is 17.4. The molecule has 4 nitrogen and oxygen atoms in total. The van der Waals surface area contributed by atoms with Crippen LogP contribution in [0.5, 0.6) is 5.75 Å². The molecule has 0 spiro atoms. The van der Waals surface area contributed by atoms with Crippen LogP contribution in [0.2, 0.25) is 0 Å². The molecular weight excluding hydrogens is 278 g/mol. The fraction of sp³-hybridized carbons (Fsp3) is 0.533. The topological polar surface area (TPSA) is 41.6 Å². The number of hydrogen-bond acceptors (Lipinski definition) is 3. The van der Waals surface area contributed by atoms with Gasteiger partial charge in [0, 0.05) is 27.1 Å². The van der Waals surface area contributed by atoms with Crippen LogP contribution in [0.15, 0.2) is 12.1 Å². The number of carbonyl (C=O) groups is 1. The second-order valence-electron chi connectivity index (χ2n) is 4.91. The Morgan fingerprint density at radius 1 is 1.29 bits per heavy atom. The average Bonchev–Trinajstić information content (AvgIpc) is 2.43. The predicted octanol–water partition coefficient (Wildman–Crippen LogP) is 2.32. The molecule has 0 unspecified atom stereocenters. The fourth-order valence-corrected chi connectivity index (χ4v) is 1.74. The molecule has 21 heavy (non-hydrogen) atoms. The van der Waals surface area contributed by atoms with Gasteiger partial charge in [0.15, 0.2) is 17.4 Å². The van der Waals surface area contributed by atoms with E-state index in [-0.39, 0.29) is 24.7 Å². The molecule has 118 valence electrons. The van der Waals surface area contributed by atoms with Crippen molar-refractivity contribution in [2.75, 3.05) is 27.2 Å². The Balaban J connectivity index is 2.53. The third kappa shape index (κ3) is 5.67. The Morgan fingerprint density at radius 3 is 2.43 bits per heavy atom. The van der Waals surface area contributed by atoms with Crippen LogP contribution in [0, 0.1) is 11.6 Å². The molecule has 0 aliphatic rings. The smallest absolute Gasteiger partial charge is 0.222 e. The third-order valence-electron chi connectivity index (χ3n) is 2.92. The Bertz CT molecular complexity index is 456. The van der Waals surface area contributed by atoms with E-state index in [1.54, 1.807) is 14.1 Å². The molecule has 0 saturated carbocycles. The largest absolute Gasteiger partial charge is 0.488 e. The summed E-state index contributed by atoms with van der Waals surface area (Å²) in [7, 11) is 3.32. The summed E-state index contributed by atoms with van der Waals surface area (Å²) in [6.45, 7) is 3.14. The quantitative estimate of drug-likeness (QED) is 0.749. The van der Waals surface area contributed by atoms with E-state index in [4.69, 9.17) is 4.74 Å². The van der Waals surface area contributed by atoms with Gasteiger partial charge in [0.1, 0.15) is 0 Å². The van der Waals surface area contributed by atoms with E-state index in [1.165, 1.54) is 17.0 Å². The van der Waals surface area contributed by atoms with Gasteiger partial charge in [0.25, 0.3) is 0 Å². The van der Waals surface area contributed by atoms with Gasteiger partial charge in [-0.15, -0.1) is 0 Å². The lowest BCUT2D eigenvalue weighted by molar-refractivity contribution is -0.128. The zero-order valence-electron chi connectivity index (χ0n) is 12.7. The molecule has 1 aromatic carbocycles. The predicted molar refractivity (Wildman–Crippen MR) is 77.2 cm³/mol. The van der Waals surface area contributed by atoms with Gasteiger partial charge >= 0.3 is 0 Å². The molecule has 1 amide bonds. The standard InChI is InChI=1S/C15H22F2N2O2/c1-4-18-10-11-8-12(16)15(13(17)9-11)21-7-5-6-14(20)19(2)3/h8-9,18H,4-7,10H2,1-3H3. The highest BCUT2D eigenvalue weighted by molar-refractivity contribution is 5.75.